The molecule has 0 saturated carbocycles. The number of nitrogens with two attached hydrogens (primary N) is 1. The van der Waals surface area contributed by atoms with Gasteiger partial charge in [0.15, 0.2) is 5.78 Å². The maximum Gasteiger partial charge on any atom is 0.224 e. The number of rotatable bonds is 9. The molecule has 2 aromatic carbocycles. The van der Waals surface area contributed by atoms with Gasteiger partial charge in [0.05, 0.1) is 17.1 Å². The zero-order chi connectivity index (χ0) is 20.8. The Hall–Kier alpha value is -3.08. The van der Waals surface area contributed by atoms with Gasteiger partial charge in [-0.15, -0.1) is 0 Å². The van der Waals surface area contributed by atoms with E-state index in [0.717, 1.165) is 42.3 Å². The first-order valence-corrected chi connectivity index (χ1v) is 10.2. The second-order valence-electron chi connectivity index (χ2n) is 7.62. The Morgan fingerprint density at radius 2 is 1.69 bits per heavy atom. The standard InChI is InChI=1S/C24H29N3O2/c1-17-13-14-21-18(15-17)16-22(27(21)2)23(28)11-5-3-4-6-12-24(29)26-20-10-8-7-9-19(20)25/h7-10,13-16H,3-6,11-12,25H2,1-2H3,(H,26,29). The molecule has 29 heavy (non-hydrogen) atoms. The summed E-state index contributed by atoms with van der Waals surface area (Å²) < 4.78 is 1.98. The van der Waals surface area contributed by atoms with Crippen LogP contribution < -0.4 is 11.1 Å². The number of carbonyl (C=O) groups excluding carboxylic acids is 2. The Morgan fingerprint density at radius 1 is 0.966 bits per heavy atom. The van der Waals surface area contributed by atoms with E-state index in [1.807, 2.05) is 29.8 Å². The zero-order valence-electron chi connectivity index (χ0n) is 17.2. The van der Waals surface area contributed by atoms with Gasteiger partial charge in [-0.25, -0.2) is 0 Å². The summed E-state index contributed by atoms with van der Waals surface area (Å²) >= 11 is 0. The topological polar surface area (TPSA) is 77.1 Å². The van der Waals surface area contributed by atoms with Gasteiger partial charge in [-0.3, -0.25) is 9.59 Å². The van der Waals surface area contributed by atoms with Crippen molar-refractivity contribution in [3.8, 4) is 0 Å². The number of nitrogen functional groups attached to an aromatic ring is 1. The Balaban J connectivity index is 1.38. The lowest BCUT2D eigenvalue weighted by molar-refractivity contribution is -0.116. The third-order valence-electron chi connectivity index (χ3n) is 5.28. The lowest BCUT2D eigenvalue weighted by Gasteiger charge is -2.07. The second-order valence-corrected chi connectivity index (χ2v) is 7.62. The number of amides is 1. The number of nitrogens with zero attached hydrogens (tertiary/aromatic N) is 1. The van der Waals surface area contributed by atoms with Gasteiger partial charge in [0, 0.05) is 30.8 Å². The number of anilines is 2. The van der Waals surface area contributed by atoms with Gasteiger partial charge in [0.1, 0.15) is 0 Å². The molecule has 0 saturated heterocycles. The monoisotopic (exact) mass is 391 g/mol. The molecule has 0 aliphatic carbocycles. The molecule has 3 N–H and O–H groups in total. The Kier molecular flexibility index (Phi) is 6.70. The number of ketones is 1. The highest BCUT2D eigenvalue weighted by atomic mass is 16.1. The van der Waals surface area contributed by atoms with Crippen LogP contribution >= 0.6 is 0 Å². The van der Waals surface area contributed by atoms with Crippen LogP contribution in [-0.4, -0.2) is 16.3 Å². The molecule has 1 heterocycles. The minimum absolute atomic E-state index is 0.0234. The van der Waals surface area contributed by atoms with Crippen LogP contribution in [0.5, 0.6) is 0 Å². The number of aromatic nitrogens is 1. The lowest BCUT2D eigenvalue weighted by Crippen LogP contribution is -2.12. The van der Waals surface area contributed by atoms with E-state index in [4.69, 9.17) is 5.73 Å². The van der Waals surface area contributed by atoms with Gasteiger partial charge in [-0.1, -0.05) is 36.6 Å². The predicted octanol–water partition coefficient (Wildman–Crippen LogP) is 5.23. The molecule has 0 radical (unpaired) electrons. The molecule has 1 amide bonds. The quantitative estimate of drug-likeness (QED) is 0.298. The van der Waals surface area contributed by atoms with Crippen LogP contribution in [0, 0.1) is 6.92 Å². The van der Waals surface area contributed by atoms with Gasteiger partial charge in [0.25, 0.3) is 0 Å². The van der Waals surface area contributed by atoms with Crippen molar-refractivity contribution in [2.24, 2.45) is 7.05 Å². The average molecular weight is 392 g/mol. The number of aryl methyl sites for hydroxylation is 2. The fourth-order valence-electron chi connectivity index (χ4n) is 3.61. The molecule has 0 aliphatic heterocycles. The number of hydrogen-bond donors (Lipinski definition) is 2. The molecule has 3 aromatic rings. The first-order chi connectivity index (χ1) is 14.0. The van der Waals surface area contributed by atoms with Crippen LogP contribution in [0.4, 0.5) is 11.4 Å². The third-order valence-corrected chi connectivity index (χ3v) is 5.28. The number of nitrogens with one attached hydrogen (secondary N) is 1. The second kappa shape index (κ2) is 9.41. The van der Waals surface area contributed by atoms with E-state index < -0.39 is 0 Å². The van der Waals surface area contributed by atoms with Crippen molar-refractivity contribution >= 4 is 34.0 Å². The summed E-state index contributed by atoms with van der Waals surface area (Å²) in [5.41, 5.74) is 10.1. The van der Waals surface area contributed by atoms with E-state index in [-0.39, 0.29) is 11.7 Å². The third kappa shape index (κ3) is 5.25. The fraction of sp³-hybridized carbons (Fsp3) is 0.333. The number of unbranched alkanes of at least 4 members (excludes halogenated alkanes) is 3. The number of hydrogen-bond acceptors (Lipinski definition) is 3. The summed E-state index contributed by atoms with van der Waals surface area (Å²) in [6.07, 6.45) is 4.52. The van der Waals surface area contributed by atoms with Crippen LogP contribution in [-0.2, 0) is 11.8 Å². The number of fused-ring (bicyclic) bond motifs is 1. The molecule has 5 heteroatoms. The largest absolute Gasteiger partial charge is 0.397 e. The molecule has 0 bridgehead atoms. The van der Waals surface area contributed by atoms with Crippen LogP contribution in [0.15, 0.2) is 48.5 Å². The summed E-state index contributed by atoms with van der Waals surface area (Å²) in [6, 6.07) is 15.5. The molecule has 0 atom stereocenters. The van der Waals surface area contributed by atoms with Crippen molar-refractivity contribution in [2.75, 3.05) is 11.1 Å². The summed E-state index contributed by atoms with van der Waals surface area (Å²) in [4.78, 5) is 24.6. The molecule has 5 nitrogen and oxygen atoms in total. The number of Topliss-reactive ketones (excluding diaryl/α,β-unsaturated/α-hetero) is 1. The fourth-order valence-corrected chi connectivity index (χ4v) is 3.61. The van der Waals surface area contributed by atoms with E-state index in [2.05, 4.69) is 30.4 Å². The van der Waals surface area contributed by atoms with E-state index >= 15 is 0 Å². The normalized spacial score (nSPS) is 11.0. The highest BCUT2D eigenvalue weighted by Crippen LogP contribution is 2.22. The molecule has 0 unspecified atom stereocenters. The zero-order valence-corrected chi connectivity index (χ0v) is 17.2. The highest BCUT2D eigenvalue weighted by molar-refractivity contribution is 6.00. The SMILES string of the molecule is Cc1ccc2c(c1)cc(C(=O)CCCCCCC(=O)Nc1ccccc1N)n2C. The first kappa shape index (κ1) is 20.6. The van der Waals surface area contributed by atoms with E-state index in [0.29, 0.717) is 24.2 Å². The molecule has 152 valence electrons. The molecule has 0 fully saturated rings. The molecular formula is C24H29N3O2. The predicted molar refractivity (Wildman–Crippen MR) is 119 cm³/mol. The number of carbonyl (C=O) groups is 2. The van der Waals surface area contributed by atoms with Crippen LogP contribution in [0.1, 0.15) is 54.6 Å². The molecule has 3 rings (SSSR count). The van der Waals surface area contributed by atoms with Crippen molar-refractivity contribution in [3.05, 3.63) is 59.8 Å². The minimum atomic E-state index is -0.0234. The average Bonchev–Trinajstić information content (AvgIpc) is 3.02. The number of para-hydroxylation sites is 2. The van der Waals surface area contributed by atoms with E-state index in [9.17, 15) is 9.59 Å². The Morgan fingerprint density at radius 3 is 2.45 bits per heavy atom. The smallest absolute Gasteiger partial charge is 0.224 e. The van der Waals surface area contributed by atoms with Gasteiger partial charge >= 0.3 is 0 Å². The summed E-state index contributed by atoms with van der Waals surface area (Å²) in [6.45, 7) is 2.06. The van der Waals surface area contributed by atoms with Gasteiger partial charge < -0.3 is 15.6 Å². The van der Waals surface area contributed by atoms with Crippen molar-refractivity contribution in [3.63, 3.8) is 0 Å². The van der Waals surface area contributed by atoms with Crippen molar-refractivity contribution in [1.29, 1.82) is 0 Å². The van der Waals surface area contributed by atoms with Crippen molar-refractivity contribution in [2.45, 2.75) is 45.4 Å². The van der Waals surface area contributed by atoms with Gasteiger partial charge in [-0.2, -0.15) is 0 Å². The summed E-state index contributed by atoms with van der Waals surface area (Å²) in [5, 5.41) is 3.95. The maximum absolute atomic E-state index is 12.6. The van der Waals surface area contributed by atoms with Gasteiger partial charge in [-0.05, 0) is 50.1 Å². The summed E-state index contributed by atoms with van der Waals surface area (Å²) in [5.74, 6) is 0.156. The maximum atomic E-state index is 12.6. The molecule has 0 spiro atoms. The summed E-state index contributed by atoms with van der Waals surface area (Å²) in [7, 11) is 1.95. The molecule has 1 aromatic heterocycles. The van der Waals surface area contributed by atoms with Crippen LogP contribution in [0.25, 0.3) is 10.9 Å². The lowest BCUT2D eigenvalue weighted by atomic mass is 10.1. The van der Waals surface area contributed by atoms with E-state index in [1.54, 1.807) is 12.1 Å². The first-order valence-electron chi connectivity index (χ1n) is 10.2. The molecule has 0 aliphatic rings. The molecular weight excluding hydrogens is 362 g/mol. The number of benzene rings is 2. The highest BCUT2D eigenvalue weighted by Gasteiger charge is 2.13. The van der Waals surface area contributed by atoms with Crippen LogP contribution in [0.2, 0.25) is 0 Å². The van der Waals surface area contributed by atoms with Crippen molar-refractivity contribution in [1.82, 2.24) is 4.57 Å². The van der Waals surface area contributed by atoms with E-state index in [1.165, 1.54) is 5.56 Å². The minimum Gasteiger partial charge on any atom is -0.397 e. The Bertz CT molecular complexity index is 1020. The van der Waals surface area contributed by atoms with Gasteiger partial charge in [0.2, 0.25) is 5.91 Å². The van der Waals surface area contributed by atoms with Crippen LogP contribution in [0.3, 0.4) is 0 Å². The van der Waals surface area contributed by atoms with Crippen molar-refractivity contribution < 1.29 is 9.59 Å². The Labute approximate surface area is 171 Å².